The molecule has 0 atom stereocenters. The first-order valence-corrected chi connectivity index (χ1v) is 7.61. The zero-order chi connectivity index (χ0) is 15.5. The predicted molar refractivity (Wildman–Crippen MR) is 87.1 cm³/mol. The molecule has 0 radical (unpaired) electrons. The Morgan fingerprint density at radius 1 is 1.27 bits per heavy atom. The van der Waals surface area contributed by atoms with Gasteiger partial charge in [0.2, 0.25) is 0 Å². The number of amides is 1. The number of thiophene rings is 1. The Hall–Kier alpha value is -2.60. The number of ether oxygens (including phenoxy) is 1. The highest BCUT2D eigenvalue weighted by atomic mass is 32.1. The van der Waals surface area contributed by atoms with Crippen LogP contribution in [0.1, 0.15) is 15.4 Å². The van der Waals surface area contributed by atoms with Crippen LogP contribution in [0.3, 0.4) is 0 Å². The number of methoxy groups -OCH3 is 1. The number of aromatic nitrogens is 2. The molecule has 0 saturated carbocycles. The SMILES string of the molecule is COc1ccc(-n2nc(C)cc2NC(=O)c2cccs2)cc1. The molecule has 0 spiro atoms. The lowest BCUT2D eigenvalue weighted by atomic mass is 10.3. The molecule has 0 aliphatic carbocycles. The van der Waals surface area contributed by atoms with Crippen molar-refractivity contribution in [1.82, 2.24) is 9.78 Å². The largest absolute Gasteiger partial charge is 0.497 e. The molecule has 0 aliphatic rings. The van der Waals surface area contributed by atoms with Crippen molar-refractivity contribution in [2.45, 2.75) is 6.92 Å². The maximum atomic E-state index is 12.2. The number of aryl methyl sites for hydroxylation is 1. The van der Waals surface area contributed by atoms with E-state index in [1.165, 1.54) is 11.3 Å². The third-order valence-corrected chi connectivity index (χ3v) is 4.00. The van der Waals surface area contributed by atoms with Gasteiger partial charge in [0.15, 0.2) is 0 Å². The highest BCUT2D eigenvalue weighted by Crippen LogP contribution is 2.21. The molecule has 1 aromatic carbocycles. The minimum atomic E-state index is -0.135. The summed E-state index contributed by atoms with van der Waals surface area (Å²) in [4.78, 5) is 12.9. The molecular formula is C16H15N3O2S. The monoisotopic (exact) mass is 313 g/mol. The molecular weight excluding hydrogens is 298 g/mol. The van der Waals surface area contributed by atoms with E-state index in [1.807, 2.05) is 48.7 Å². The second kappa shape index (κ2) is 6.03. The van der Waals surface area contributed by atoms with Crippen LogP contribution in [0.2, 0.25) is 0 Å². The van der Waals surface area contributed by atoms with Gasteiger partial charge in [-0.2, -0.15) is 5.10 Å². The quantitative estimate of drug-likeness (QED) is 0.802. The number of anilines is 1. The Morgan fingerprint density at radius 2 is 2.05 bits per heavy atom. The molecule has 0 bridgehead atoms. The van der Waals surface area contributed by atoms with Crippen LogP contribution in [0.5, 0.6) is 5.75 Å². The molecule has 22 heavy (non-hydrogen) atoms. The lowest BCUT2D eigenvalue weighted by Gasteiger charge is -2.09. The van der Waals surface area contributed by atoms with Crippen molar-refractivity contribution in [3.8, 4) is 11.4 Å². The van der Waals surface area contributed by atoms with Crippen LogP contribution in [0.4, 0.5) is 5.82 Å². The molecule has 0 fully saturated rings. The van der Waals surface area contributed by atoms with Crippen molar-refractivity contribution >= 4 is 23.1 Å². The van der Waals surface area contributed by atoms with Crippen LogP contribution in [0, 0.1) is 6.92 Å². The van der Waals surface area contributed by atoms with Gasteiger partial charge in [-0.05, 0) is 42.6 Å². The van der Waals surface area contributed by atoms with E-state index in [2.05, 4.69) is 10.4 Å². The molecule has 2 aromatic heterocycles. The van der Waals surface area contributed by atoms with E-state index < -0.39 is 0 Å². The Morgan fingerprint density at radius 3 is 2.68 bits per heavy atom. The first kappa shape index (κ1) is 14.3. The molecule has 0 aliphatic heterocycles. The highest BCUT2D eigenvalue weighted by Gasteiger charge is 2.13. The second-order valence-corrected chi connectivity index (χ2v) is 5.66. The number of nitrogens with zero attached hydrogens (tertiary/aromatic N) is 2. The Bertz CT molecular complexity index is 776. The number of carbonyl (C=O) groups excluding carboxylic acids is 1. The van der Waals surface area contributed by atoms with E-state index in [0.717, 1.165) is 17.1 Å². The molecule has 3 aromatic rings. The summed E-state index contributed by atoms with van der Waals surface area (Å²) in [5, 5.41) is 9.21. The van der Waals surface area contributed by atoms with Gasteiger partial charge in [-0.15, -0.1) is 11.3 Å². The minimum absolute atomic E-state index is 0.135. The molecule has 6 heteroatoms. The third kappa shape index (κ3) is 2.87. The van der Waals surface area contributed by atoms with Crippen molar-refractivity contribution in [2.24, 2.45) is 0 Å². The van der Waals surface area contributed by atoms with Gasteiger partial charge < -0.3 is 10.1 Å². The van der Waals surface area contributed by atoms with E-state index in [4.69, 9.17) is 4.74 Å². The summed E-state index contributed by atoms with van der Waals surface area (Å²) >= 11 is 1.41. The molecule has 1 amide bonds. The number of carbonyl (C=O) groups is 1. The fourth-order valence-electron chi connectivity index (χ4n) is 2.09. The van der Waals surface area contributed by atoms with Crippen molar-refractivity contribution in [1.29, 1.82) is 0 Å². The number of benzene rings is 1. The van der Waals surface area contributed by atoms with Gasteiger partial charge in [0.25, 0.3) is 5.91 Å². The fourth-order valence-corrected chi connectivity index (χ4v) is 2.71. The summed E-state index contributed by atoms with van der Waals surface area (Å²) in [6.07, 6.45) is 0. The second-order valence-electron chi connectivity index (χ2n) is 4.71. The summed E-state index contributed by atoms with van der Waals surface area (Å²) in [5.74, 6) is 1.28. The summed E-state index contributed by atoms with van der Waals surface area (Å²) in [6, 6.07) is 13.0. The zero-order valence-electron chi connectivity index (χ0n) is 12.2. The summed E-state index contributed by atoms with van der Waals surface area (Å²) in [7, 11) is 1.62. The Labute approximate surface area is 132 Å². The van der Waals surface area contributed by atoms with Gasteiger partial charge in [0.1, 0.15) is 11.6 Å². The van der Waals surface area contributed by atoms with Gasteiger partial charge in [-0.25, -0.2) is 4.68 Å². The van der Waals surface area contributed by atoms with Gasteiger partial charge in [-0.1, -0.05) is 6.07 Å². The van der Waals surface area contributed by atoms with E-state index in [1.54, 1.807) is 17.9 Å². The maximum absolute atomic E-state index is 12.2. The molecule has 0 unspecified atom stereocenters. The number of hydrogen-bond acceptors (Lipinski definition) is 4. The van der Waals surface area contributed by atoms with Crippen LogP contribution in [0.15, 0.2) is 47.8 Å². The minimum Gasteiger partial charge on any atom is -0.497 e. The summed E-state index contributed by atoms with van der Waals surface area (Å²) < 4.78 is 6.86. The lowest BCUT2D eigenvalue weighted by Crippen LogP contribution is -2.13. The standard InChI is InChI=1S/C16H15N3O2S/c1-11-10-15(17-16(20)14-4-3-9-22-14)19(18-11)12-5-7-13(21-2)8-6-12/h3-10H,1-2H3,(H,17,20). The number of nitrogens with one attached hydrogen (secondary N) is 1. The first-order valence-electron chi connectivity index (χ1n) is 6.73. The zero-order valence-corrected chi connectivity index (χ0v) is 13.1. The van der Waals surface area contributed by atoms with E-state index >= 15 is 0 Å². The van der Waals surface area contributed by atoms with Crippen LogP contribution in [0.25, 0.3) is 5.69 Å². The lowest BCUT2D eigenvalue weighted by molar-refractivity contribution is 0.103. The predicted octanol–water partition coefficient (Wildman–Crippen LogP) is 3.50. The van der Waals surface area contributed by atoms with Gasteiger partial charge >= 0.3 is 0 Å². The van der Waals surface area contributed by atoms with Gasteiger partial charge in [-0.3, -0.25) is 4.79 Å². The average molecular weight is 313 g/mol. The molecule has 1 N–H and O–H groups in total. The Balaban J connectivity index is 1.90. The van der Waals surface area contributed by atoms with Crippen molar-refractivity contribution in [3.63, 3.8) is 0 Å². The van der Waals surface area contributed by atoms with E-state index in [9.17, 15) is 4.79 Å². The van der Waals surface area contributed by atoms with Gasteiger partial charge in [0.05, 0.1) is 23.4 Å². The summed E-state index contributed by atoms with van der Waals surface area (Å²) in [6.45, 7) is 1.89. The van der Waals surface area contributed by atoms with Crippen molar-refractivity contribution in [3.05, 3.63) is 58.4 Å². The van der Waals surface area contributed by atoms with E-state index in [0.29, 0.717) is 10.7 Å². The molecule has 2 heterocycles. The molecule has 3 rings (SSSR count). The van der Waals surface area contributed by atoms with Crippen LogP contribution < -0.4 is 10.1 Å². The Kier molecular flexibility index (Phi) is 3.93. The van der Waals surface area contributed by atoms with Gasteiger partial charge in [0, 0.05) is 6.07 Å². The molecule has 0 saturated heterocycles. The van der Waals surface area contributed by atoms with Crippen molar-refractivity contribution in [2.75, 3.05) is 12.4 Å². The van der Waals surface area contributed by atoms with Crippen molar-refractivity contribution < 1.29 is 9.53 Å². The van der Waals surface area contributed by atoms with E-state index in [-0.39, 0.29) is 5.91 Å². The van der Waals surface area contributed by atoms with Crippen LogP contribution in [-0.2, 0) is 0 Å². The van der Waals surface area contributed by atoms with Crippen LogP contribution in [-0.4, -0.2) is 22.8 Å². The number of rotatable bonds is 4. The normalized spacial score (nSPS) is 10.5. The fraction of sp³-hybridized carbons (Fsp3) is 0.125. The number of hydrogen-bond donors (Lipinski definition) is 1. The third-order valence-electron chi connectivity index (χ3n) is 3.14. The first-order chi connectivity index (χ1) is 10.7. The smallest absolute Gasteiger partial charge is 0.266 e. The van der Waals surface area contributed by atoms with Crippen LogP contribution >= 0.6 is 11.3 Å². The highest BCUT2D eigenvalue weighted by molar-refractivity contribution is 7.12. The topological polar surface area (TPSA) is 56.1 Å². The molecule has 5 nitrogen and oxygen atoms in total. The average Bonchev–Trinajstić information content (AvgIpc) is 3.17. The summed E-state index contributed by atoms with van der Waals surface area (Å²) in [5.41, 5.74) is 1.69. The molecule has 112 valence electrons. The maximum Gasteiger partial charge on any atom is 0.266 e.